The van der Waals surface area contributed by atoms with E-state index in [1.54, 1.807) is 31.4 Å². The van der Waals surface area contributed by atoms with Crippen LogP contribution < -0.4 is 10.1 Å². The van der Waals surface area contributed by atoms with Gasteiger partial charge in [0.1, 0.15) is 11.3 Å². The number of nitrogens with one attached hydrogen (secondary N) is 1. The van der Waals surface area contributed by atoms with E-state index in [2.05, 4.69) is 5.32 Å². The third kappa shape index (κ3) is 4.79. The molecule has 0 unspecified atom stereocenters. The Balaban J connectivity index is 1.90. The molecule has 2 aromatic rings. The number of amides is 1. The van der Waals surface area contributed by atoms with Crippen molar-refractivity contribution in [3.63, 3.8) is 0 Å². The second kappa shape index (κ2) is 8.61. The molecule has 8 nitrogen and oxygen atoms in total. The van der Waals surface area contributed by atoms with E-state index in [4.69, 9.17) is 9.47 Å². The summed E-state index contributed by atoms with van der Waals surface area (Å²) in [4.78, 5) is 34.3. The van der Waals surface area contributed by atoms with Crippen LogP contribution in [0, 0.1) is 17.0 Å². The fourth-order valence-corrected chi connectivity index (χ4v) is 2.27. The highest BCUT2D eigenvalue weighted by molar-refractivity contribution is 5.95. The van der Waals surface area contributed by atoms with Gasteiger partial charge >= 0.3 is 5.97 Å². The Kier molecular flexibility index (Phi) is 6.26. The Morgan fingerprint density at radius 3 is 2.46 bits per heavy atom. The van der Waals surface area contributed by atoms with Gasteiger partial charge in [-0.15, -0.1) is 0 Å². The number of esters is 1. The van der Waals surface area contributed by atoms with Gasteiger partial charge in [-0.2, -0.15) is 0 Å². The quantitative estimate of drug-likeness (QED) is 0.462. The molecule has 0 saturated heterocycles. The van der Waals surface area contributed by atoms with Gasteiger partial charge in [-0.3, -0.25) is 14.9 Å². The number of benzene rings is 2. The fourth-order valence-electron chi connectivity index (χ4n) is 2.27. The molecule has 0 aliphatic carbocycles. The second-order valence-electron chi connectivity index (χ2n) is 5.43. The second-order valence-corrected chi connectivity index (χ2v) is 5.43. The van der Waals surface area contributed by atoms with E-state index in [0.29, 0.717) is 11.3 Å². The molecule has 136 valence electrons. The highest BCUT2D eigenvalue weighted by Gasteiger charge is 2.24. The summed E-state index contributed by atoms with van der Waals surface area (Å²) in [6, 6.07) is 11.4. The number of aryl methyl sites for hydroxylation is 1. The molecular weight excluding hydrogens is 340 g/mol. The highest BCUT2D eigenvalue weighted by Crippen LogP contribution is 2.23. The van der Waals surface area contributed by atoms with E-state index in [-0.39, 0.29) is 17.8 Å². The standard InChI is InChI=1S/C18H18N2O6/c1-12-4-3-5-15(17(12)20(23)24)18(22)26-11-16(21)19-10-13-6-8-14(25-2)9-7-13/h3-9H,10-11H2,1-2H3,(H,19,21). The summed E-state index contributed by atoms with van der Waals surface area (Å²) < 4.78 is 9.93. The molecule has 0 aliphatic heterocycles. The summed E-state index contributed by atoms with van der Waals surface area (Å²) in [6.45, 7) is 1.25. The Morgan fingerprint density at radius 1 is 1.15 bits per heavy atom. The molecule has 26 heavy (non-hydrogen) atoms. The maximum atomic E-state index is 12.1. The van der Waals surface area contributed by atoms with E-state index in [1.165, 1.54) is 25.1 Å². The fraction of sp³-hybridized carbons (Fsp3) is 0.222. The Bertz CT molecular complexity index is 817. The van der Waals surface area contributed by atoms with Crippen LogP contribution in [0.4, 0.5) is 5.69 Å². The van der Waals surface area contributed by atoms with E-state index >= 15 is 0 Å². The van der Waals surface area contributed by atoms with Crippen molar-refractivity contribution in [3.05, 3.63) is 69.3 Å². The molecule has 0 fully saturated rings. The lowest BCUT2D eigenvalue weighted by atomic mass is 10.1. The molecule has 2 aromatic carbocycles. The third-order valence-corrected chi connectivity index (χ3v) is 3.62. The zero-order chi connectivity index (χ0) is 19.1. The van der Waals surface area contributed by atoms with Crippen LogP contribution in [-0.2, 0) is 16.1 Å². The number of nitrogens with zero attached hydrogens (tertiary/aromatic N) is 1. The molecule has 1 amide bonds. The van der Waals surface area contributed by atoms with Crippen LogP contribution in [-0.4, -0.2) is 30.5 Å². The van der Waals surface area contributed by atoms with Gasteiger partial charge in [0.2, 0.25) is 0 Å². The summed E-state index contributed by atoms with van der Waals surface area (Å²) in [6.07, 6.45) is 0. The van der Waals surface area contributed by atoms with Crippen LogP contribution in [0.1, 0.15) is 21.5 Å². The van der Waals surface area contributed by atoms with Gasteiger partial charge in [-0.05, 0) is 30.7 Å². The van der Waals surface area contributed by atoms with Crippen LogP contribution in [0.2, 0.25) is 0 Å². The van der Waals surface area contributed by atoms with Gasteiger partial charge in [0.25, 0.3) is 11.6 Å². The van der Waals surface area contributed by atoms with Gasteiger partial charge in [0, 0.05) is 12.1 Å². The minimum atomic E-state index is -0.917. The Labute approximate surface area is 149 Å². The monoisotopic (exact) mass is 358 g/mol. The van der Waals surface area contributed by atoms with Crippen LogP contribution in [0.25, 0.3) is 0 Å². The molecule has 0 heterocycles. The van der Waals surface area contributed by atoms with E-state index in [0.717, 1.165) is 5.56 Å². The zero-order valence-corrected chi connectivity index (χ0v) is 14.4. The lowest BCUT2D eigenvalue weighted by molar-refractivity contribution is -0.385. The minimum Gasteiger partial charge on any atom is -0.497 e. The number of methoxy groups -OCH3 is 1. The first-order valence-electron chi connectivity index (χ1n) is 7.73. The molecule has 0 bridgehead atoms. The van der Waals surface area contributed by atoms with E-state index < -0.39 is 23.4 Å². The van der Waals surface area contributed by atoms with Gasteiger partial charge in [0.15, 0.2) is 6.61 Å². The number of rotatable bonds is 7. The molecule has 0 atom stereocenters. The number of ether oxygens (including phenoxy) is 2. The highest BCUT2D eigenvalue weighted by atomic mass is 16.6. The molecule has 0 saturated carbocycles. The average Bonchev–Trinajstić information content (AvgIpc) is 2.64. The van der Waals surface area contributed by atoms with Crippen molar-refractivity contribution in [2.75, 3.05) is 13.7 Å². The van der Waals surface area contributed by atoms with Crippen LogP contribution >= 0.6 is 0 Å². The molecule has 0 aromatic heterocycles. The molecule has 1 N–H and O–H groups in total. The number of carbonyl (C=O) groups is 2. The van der Waals surface area contributed by atoms with Crippen LogP contribution in [0.3, 0.4) is 0 Å². The van der Waals surface area contributed by atoms with Crippen LogP contribution in [0.15, 0.2) is 42.5 Å². The van der Waals surface area contributed by atoms with Gasteiger partial charge in [-0.25, -0.2) is 4.79 Å². The zero-order valence-electron chi connectivity index (χ0n) is 14.4. The summed E-state index contributed by atoms with van der Waals surface area (Å²) in [7, 11) is 1.56. The summed E-state index contributed by atoms with van der Waals surface area (Å²) in [5, 5.41) is 13.7. The van der Waals surface area contributed by atoms with Gasteiger partial charge in [-0.1, -0.05) is 24.3 Å². The largest absolute Gasteiger partial charge is 0.497 e. The molecule has 0 aliphatic rings. The first-order valence-corrected chi connectivity index (χ1v) is 7.73. The molecular formula is C18H18N2O6. The number of hydrogen-bond acceptors (Lipinski definition) is 6. The SMILES string of the molecule is COc1ccc(CNC(=O)COC(=O)c2cccc(C)c2[N+](=O)[O-])cc1. The lowest BCUT2D eigenvalue weighted by Gasteiger charge is -2.08. The normalized spacial score (nSPS) is 10.1. The van der Waals surface area contributed by atoms with E-state index in [9.17, 15) is 19.7 Å². The van der Waals surface area contributed by atoms with E-state index in [1.807, 2.05) is 0 Å². The number of nitro benzene ring substituents is 1. The molecule has 8 heteroatoms. The van der Waals surface area contributed by atoms with Crippen molar-refractivity contribution < 1.29 is 24.0 Å². The number of para-hydroxylation sites is 1. The van der Waals surface area contributed by atoms with Crippen LogP contribution in [0.5, 0.6) is 5.75 Å². The third-order valence-electron chi connectivity index (χ3n) is 3.62. The maximum Gasteiger partial charge on any atom is 0.345 e. The Morgan fingerprint density at radius 2 is 1.85 bits per heavy atom. The number of nitro groups is 1. The molecule has 2 rings (SSSR count). The lowest BCUT2D eigenvalue weighted by Crippen LogP contribution is -2.28. The maximum absolute atomic E-state index is 12.1. The predicted octanol–water partition coefficient (Wildman–Crippen LogP) is 2.39. The first-order chi connectivity index (χ1) is 12.4. The summed E-state index contributed by atoms with van der Waals surface area (Å²) in [5.74, 6) is -0.724. The van der Waals surface area contributed by atoms with Crippen molar-refractivity contribution in [2.45, 2.75) is 13.5 Å². The smallest absolute Gasteiger partial charge is 0.345 e. The summed E-state index contributed by atoms with van der Waals surface area (Å²) in [5.41, 5.74) is 0.683. The van der Waals surface area contributed by atoms with Crippen molar-refractivity contribution in [2.24, 2.45) is 0 Å². The Hall–Kier alpha value is -3.42. The minimum absolute atomic E-state index is 0.182. The molecule has 0 spiro atoms. The van der Waals surface area contributed by atoms with Crippen molar-refractivity contribution in [1.82, 2.24) is 5.32 Å². The molecule has 0 radical (unpaired) electrons. The topological polar surface area (TPSA) is 108 Å². The van der Waals surface area contributed by atoms with Gasteiger partial charge in [0.05, 0.1) is 12.0 Å². The predicted molar refractivity (Wildman–Crippen MR) is 93.0 cm³/mol. The average molecular weight is 358 g/mol. The van der Waals surface area contributed by atoms with Crippen molar-refractivity contribution in [1.29, 1.82) is 0 Å². The summed E-state index contributed by atoms with van der Waals surface area (Å²) >= 11 is 0. The van der Waals surface area contributed by atoms with Crippen molar-refractivity contribution in [3.8, 4) is 5.75 Å². The van der Waals surface area contributed by atoms with Crippen molar-refractivity contribution >= 4 is 17.6 Å². The first kappa shape index (κ1) is 18.9. The van der Waals surface area contributed by atoms with Gasteiger partial charge < -0.3 is 14.8 Å². The number of hydrogen-bond donors (Lipinski definition) is 1. The number of carbonyl (C=O) groups excluding carboxylic acids is 2.